The highest BCUT2D eigenvalue weighted by atomic mass is 79.9. The molecule has 0 radical (unpaired) electrons. The Hall–Kier alpha value is -1.32. The van der Waals surface area contributed by atoms with Crippen molar-refractivity contribution in [2.24, 2.45) is 0 Å². The molecule has 28 heavy (non-hydrogen) atoms. The Morgan fingerprint density at radius 3 is 2.39 bits per heavy atom. The summed E-state index contributed by atoms with van der Waals surface area (Å²) < 4.78 is 31.1. The second-order valence-electron chi connectivity index (χ2n) is 7.98. The van der Waals surface area contributed by atoms with E-state index < -0.39 is 10.0 Å². The lowest BCUT2D eigenvalue weighted by atomic mass is 9.87. The van der Waals surface area contributed by atoms with Crippen LogP contribution in [0.25, 0.3) is 0 Å². The van der Waals surface area contributed by atoms with Crippen LogP contribution in [0, 0.1) is 0 Å². The van der Waals surface area contributed by atoms with Gasteiger partial charge < -0.3 is 15.0 Å². The summed E-state index contributed by atoms with van der Waals surface area (Å²) in [5, 5.41) is 2.86. The lowest BCUT2D eigenvalue weighted by Gasteiger charge is -2.33. The van der Waals surface area contributed by atoms with E-state index in [-0.39, 0.29) is 11.4 Å². The van der Waals surface area contributed by atoms with Gasteiger partial charge in [0.05, 0.1) is 17.3 Å². The quantitative estimate of drug-likeness (QED) is 0.641. The molecule has 0 spiro atoms. The maximum atomic E-state index is 12.2. The van der Waals surface area contributed by atoms with Crippen LogP contribution in [0.4, 0.5) is 4.79 Å². The minimum absolute atomic E-state index is 0.0815. The molecule has 2 amide bonds. The van der Waals surface area contributed by atoms with Crippen molar-refractivity contribution in [2.75, 3.05) is 45.6 Å². The van der Waals surface area contributed by atoms with Gasteiger partial charge in [0.25, 0.3) is 0 Å². The monoisotopic (exact) mass is 475 g/mol. The van der Waals surface area contributed by atoms with Crippen molar-refractivity contribution >= 4 is 32.0 Å². The minimum Gasteiger partial charge on any atom is -0.492 e. The van der Waals surface area contributed by atoms with Crippen molar-refractivity contribution in [3.8, 4) is 5.75 Å². The summed E-state index contributed by atoms with van der Waals surface area (Å²) >= 11 is 3.55. The summed E-state index contributed by atoms with van der Waals surface area (Å²) in [6.45, 7) is 8.99. The Kier molecular flexibility index (Phi) is 7.75. The highest BCUT2D eigenvalue weighted by Crippen LogP contribution is 2.31. The molecule has 9 heteroatoms. The number of sulfonamides is 1. The van der Waals surface area contributed by atoms with E-state index in [2.05, 4.69) is 54.2 Å². The number of benzene rings is 1. The number of urea groups is 1. The van der Waals surface area contributed by atoms with Gasteiger partial charge in [-0.25, -0.2) is 13.2 Å². The van der Waals surface area contributed by atoms with Crippen molar-refractivity contribution < 1.29 is 17.9 Å². The van der Waals surface area contributed by atoms with E-state index in [9.17, 15) is 13.2 Å². The highest BCUT2D eigenvalue weighted by molar-refractivity contribution is 9.10. The third-order valence-electron chi connectivity index (χ3n) is 4.65. The molecule has 1 saturated heterocycles. The number of piperazine rings is 1. The Bertz CT molecular complexity index is 785. The zero-order chi connectivity index (χ0) is 20.9. The maximum absolute atomic E-state index is 12.2. The summed E-state index contributed by atoms with van der Waals surface area (Å²) in [5.74, 6) is 0.788. The third kappa shape index (κ3) is 6.63. The number of hydrogen-bond acceptors (Lipinski definition) is 4. The Morgan fingerprint density at radius 1 is 1.21 bits per heavy atom. The molecule has 1 fully saturated rings. The summed E-state index contributed by atoms with van der Waals surface area (Å²) in [6.07, 6.45) is 1.88. The van der Waals surface area contributed by atoms with Crippen LogP contribution in [0.2, 0.25) is 0 Å². The Labute approximate surface area is 176 Å². The van der Waals surface area contributed by atoms with Gasteiger partial charge in [0.15, 0.2) is 0 Å². The molecular formula is C19H30BrN3O4S. The molecule has 0 unspecified atom stereocenters. The van der Waals surface area contributed by atoms with E-state index in [0.29, 0.717) is 45.8 Å². The van der Waals surface area contributed by atoms with Crippen LogP contribution in [-0.4, -0.2) is 69.2 Å². The minimum atomic E-state index is -3.19. The van der Waals surface area contributed by atoms with Crippen LogP contribution >= 0.6 is 15.9 Å². The molecule has 1 aromatic rings. The largest absolute Gasteiger partial charge is 0.492 e. The van der Waals surface area contributed by atoms with Crippen LogP contribution in [0.1, 0.15) is 32.8 Å². The van der Waals surface area contributed by atoms with Crippen LogP contribution in [0.15, 0.2) is 22.7 Å². The van der Waals surface area contributed by atoms with Gasteiger partial charge in [-0.15, -0.1) is 0 Å². The highest BCUT2D eigenvalue weighted by Gasteiger charge is 2.25. The van der Waals surface area contributed by atoms with Crippen LogP contribution in [-0.2, 0) is 15.4 Å². The molecule has 0 bridgehead atoms. The Morgan fingerprint density at radius 2 is 1.86 bits per heavy atom. The van der Waals surface area contributed by atoms with Gasteiger partial charge in [-0.1, -0.05) is 26.8 Å². The predicted molar refractivity (Wildman–Crippen MR) is 114 cm³/mol. The molecule has 0 aliphatic carbocycles. The fourth-order valence-electron chi connectivity index (χ4n) is 2.87. The molecule has 0 saturated carbocycles. The zero-order valence-corrected chi connectivity index (χ0v) is 19.4. The van der Waals surface area contributed by atoms with Crippen molar-refractivity contribution in [1.82, 2.24) is 14.5 Å². The van der Waals surface area contributed by atoms with Gasteiger partial charge in [0.1, 0.15) is 5.75 Å². The number of halogens is 1. The molecular weight excluding hydrogens is 446 g/mol. The van der Waals surface area contributed by atoms with Gasteiger partial charge in [0.2, 0.25) is 10.0 Å². The number of hydrogen-bond donors (Lipinski definition) is 1. The van der Waals surface area contributed by atoms with Gasteiger partial charge in [0, 0.05) is 32.7 Å². The zero-order valence-electron chi connectivity index (χ0n) is 17.0. The van der Waals surface area contributed by atoms with E-state index in [0.717, 1.165) is 10.2 Å². The first kappa shape index (κ1) is 23.0. The number of amides is 2. The smallest absolute Gasteiger partial charge is 0.317 e. The van der Waals surface area contributed by atoms with Crippen molar-refractivity contribution in [1.29, 1.82) is 0 Å². The number of carbonyl (C=O) groups is 1. The SMILES string of the molecule is CC(C)(C)c1ccc(OCCCNC(=O)N2CCN(S(C)(=O)=O)CC2)c(Br)c1. The Balaban J connectivity index is 1.69. The second kappa shape index (κ2) is 9.45. The first-order chi connectivity index (χ1) is 13.0. The van der Waals surface area contributed by atoms with Crippen molar-refractivity contribution in [3.05, 3.63) is 28.2 Å². The van der Waals surface area contributed by atoms with Gasteiger partial charge in [-0.3, -0.25) is 0 Å². The molecule has 1 aromatic carbocycles. The number of carbonyl (C=O) groups excluding carboxylic acids is 1. The molecule has 7 nitrogen and oxygen atoms in total. The van der Waals surface area contributed by atoms with Gasteiger partial charge in [-0.2, -0.15) is 4.31 Å². The number of rotatable bonds is 6. The summed E-state index contributed by atoms with van der Waals surface area (Å²) in [5.41, 5.74) is 1.31. The molecule has 1 N–H and O–H groups in total. The summed E-state index contributed by atoms with van der Waals surface area (Å²) in [6, 6.07) is 5.94. The molecule has 0 atom stereocenters. The second-order valence-corrected chi connectivity index (χ2v) is 10.8. The molecule has 2 rings (SSSR count). The summed E-state index contributed by atoms with van der Waals surface area (Å²) in [7, 11) is -3.19. The fourth-order valence-corrected chi connectivity index (χ4v) is 4.19. The first-order valence-corrected chi connectivity index (χ1v) is 12.0. The first-order valence-electron chi connectivity index (χ1n) is 9.39. The van der Waals surface area contributed by atoms with E-state index in [1.54, 1.807) is 4.90 Å². The van der Waals surface area contributed by atoms with E-state index in [4.69, 9.17) is 4.74 Å². The predicted octanol–water partition coefficient (Wildman–Crippen LogP) is 2.80. The molecule has 1 aliphatic heterocycles. The van der Waals surface area contributed by atoms with Gasteiger partial charge >= 0.3 is 6.03 Å². The van der Waals surface area contributed by atoms with E-state index >= 15 is 0 Å². The van der Waals surface area contributed by atoms with Crippen molar-refractivity contribution in [2.45, 2.75) is 32.6 Å². The van der Waals surface area contributed by atoms with Crippen molar-refractivity contribution in [3.63, 3.8) is 0 Å². The fraction of sp³-hybridized carbons (Fsp3) is 0.632. The standard InChI is InChI=1S/C19H30BrN3O4S/c1-19(2,3)15-6-7-17(16(20)14-15)27-13-5-8-21-18(24)22-9-11-23(12-10-22)28(4,25)26/h6-7,14H,5,8-13H2,1-4H3,(H,21,24). The lowest BCUT2D eigenvalue weighted by molar-refractivity contribution is 0.172. The van der Waals surface area contributed by atoms with Crippen LogP contribution in [0.5, 0.6) is 5.75 Å². The lowest BCUT2D eigenvalue weighted by Crippen LogP contribution is -2.53. The van der Waals surface area contributed by atoms with Gasteiger partial charge in [-0.05, 0) is 45.5 Å². The molecule has 158 valence electrons. The van der Waals surface area contributed by atoms with E-state index in [1.165, 1.54) is 16.1 Å². The normalized spacial score (nSPS) is 16.1. The third-order valence-corrected chi connectivity index (χ3v) is 6.57. The molecule has 1 heterocycles. The average Bonchev–Trinajstić information content (AvgIpc) is 2.61. The van der Waals surface area contributed by atoms with Crippen LogP contribution < -0.4 is 10.1 Å². The number of ether oxygens (including phenoxy) is 1. The number of nitrogens with one attached hydrogen (secondary N) is 1. The summed E-state index contributed by atoms with van der Waals surface area (Å²) in [4.78, 5) is 13.8. The van der Waals surface area contributed by atoms with E-state index in [1.807, 2.05) is 6.07 Å². The molecule has 1 aliphatic rings. The molecule has 0 aromatic heterocycles. The van der Waals surface area contributed by atoms with Crippen LogP contribution in [0.3, 0.4) is 0 Å². The topological polar surface area (TPSA) is 79.0 Å². The average molecular weight is 476 g/mol. The number of nitrogens with zero attached hydrogens (tertiary/aromatic N) is 2. The maximum Gasteiger partial charge on any atom is 0.317 e.